The lowest BCUT2D eigenvalue weighted by molar-refractivity contribution is -0.120. The highest BCUT2D eigenvalue weighted by atomic mass is 32.2. The second kappa shape index (κ2) is 9.09. The minimum Gasteiger partial charge on any atom is -0.352 e. The first-order valence-corrected chi connectivity index (χ1v) is 11.9. The molecule has 8 heteroatoms. The first-order valence-electron chi connectivity index (χ1n) is 9.95. The first-order chi connectivity index (χ1) is 14.2. The number of fused-ring (bicyclic) bond motifs is 3. The lowest BCUT2D eigenvalue weighted by Gasteiger charge is -2.09. The minimum absolute atomic E-state index is 0.0215. The third-order valence-electron chi connectivity index (χ3n) is 5.20. The van der Waals surface area contributed by atoms with Crippen molar-refractivity contribution in [3.8, 4) is 0 Å². The lowest BCUT2D eigenvalue weighted by atomic mass is 10.1. The Morgan fingerprint density at radius 2 is 2.24 bits per heavy atom. The molecule has 0 bridgehead atoms. The molecule has 0 saturated heterocycles. The zero-order chi connectivity index (χ0) is 20.2. The van der Waals surface area contributed by atoms with Crippen LogP contribution in [0.25, 0.3) is 10.2 Å². The maximum Gasteiger partial charge on any atom is 0.259 e. The van der Waals surface area contributed by atoms with E-state index in [9.17, 15) is 9.59 Å². The molecule has 152 valence electrons. The van der Waals surface area contributed by atoms with Crippen molar-refractivity contribution in [2.45, 2.75) is 51.3 Å². The van der Waals surface area contributed by atoms with Crippen LogP contribution in [0.3, 0.4) is 0 Å². The number of carbonyl (C=O) groups is 1. The number of aryl methyl sites for hydroxylation is 3. The summed E-state index contributed by atoms with van der Waals surface area (Å²) < 4.78 is 0. The minimum atomic E-state index is -0.0215. The molecule has 0 aromatic carbocycles. The summed E-state index contributed by atoms with van der Waals surface area (Å²) >= 11 is 3.27. The van der Waals surface area contributed by atoms with Crippen LogP contribution in [-0.2, 0) is 36.4 Å². The van der Waals surface area contributed by atoms with E-state index in [0.717, 1.165) is 47.0 Å². The fourth-order valence-corrected chi connectivity index (χ4v) is 5.76. The topological polar surface area (TPSA) is 87.7 Å². The summed E-state index contributed by atoms with van der Waals surface area (Å²) in [6.45, 7) is 2.61. The average molecular weight is 429 g/mol. The van der Waals surface area contributed by atoms with Crippen LogP contribution in [-0.4, -0.2) is 26.6 Å². The molecule has 0 atom stereocenters. The van der Waals surface area contributed by atoms with Gasteiger partial charge >= 0.3 is 0 Å². The van der Waals surface area contributed by atoms with E-state index in [1.165, 1.54) is 10.4 Å². The number of aromatic nitrogens is 3. The Kier molecular flexibility index (Phi) is 6.30. The number of pyridine rings is 1. The predicted molar refractivity (Wildman–Crippen MR) is 119 cm³/mol. The van der Waals surface area contributed by atoms with Gasteiger partial charge < -0.3 is 10.3 Å². The maximum atomic E-state index is 12.5. The van der Waals surface area contributed by atoms with Gasteiger partial charge in [-0.05, 0) is 48.4 Å². The molecule has 6 nitrogen and oxygen atoms in total. The van der Waals surface area contributed by atoms with Gasteiger partial charge in [-0.15, -0.1) is 11.3 Å². The molecule has 3 heterocycles. The zero-order valence-corrected chi connectivity index (χ0v) is 18.0. The second-order valence-corrected chi connectivity index (χ2v) is 9.32. The first kappa shape index (κ1) is 20.1. The molecular weight excluding hydrogens is 404 g/mol. The monoisotopic (exact) mass is 428 g/mol. The van der Waals surface area contributed by atoms with Crippen molar-refractivity contribution < 1.29 is 4.79 Å². The van der Waals surface area contributed by atoms with E-state index in [1.54, 1.807) is 29.3 Å². The molecule has 3 aromatic heterocycles. The molecule has 1 amide bonds. The van der Waals surface area contributed by atoms with Gasteiger partial charge in [0.05, 0.1) is 11.1 Å². The Balaban J connectivity index is 1.26. The Morgan fingerprint density at radius 1 is 1.34 bits per heavy atom. The largest absolute Gasteiger partial charge is 0.352 e. The number of amides is 1. The van der Waals surface area contributed by atoms with Gasteiger partial charge in [-0.25, -0.2) is 4.98 Å². The van der Waals surface area contributed by atoms with Gasteiger partial charge in [0.15, 0.2) is 0 Å². The van der Waals surface area contributed by atoms with Gasteiger partial charge in [-0.1, -0.05) is 6.92 Å². The van der Waals surface area contributed by atoms with Crippen molar-refractivity contribution in [3.63, 3.8) is 0 Å². The summed E-state index contributed by atoms with van der Waals surface area (Å²) in [5.41, 5.74) is 3.45. The highest BCUT2D eigenvalue weighted by molar-refractivity contribution is 7.98. The molecule has 4 rings (SSSR count). The number of rotatable bonds is 8. The van der Waals surface area contributed by atoms with Crippen molar-refractivity contribution in [1.29, 1.82) is 0 Å². The third kappa shape index (κ3) is 4.53. The highest BCUT2D eigenvalue weighted by Crippen LogP contribution is 2.34. The Hall–Kier alpha value is -2.19. The molecule has 0 unspecified atom stereocenters. The van der Waals surface area contributed by atoms with Gasteiger partial charge in [0.25, 0.3) is 5.56 Å². The molecule has 0 radical (unpaired) electrons. The third-order valence-corrected chi connectivity index (χ3v) is 7.35. The van der Waals surface area contributed by atoms with Crippen molar-refractivity contribution in [3.05, 3.63) is 56.2 Å². The van der Waals surface area contributed by atoms with Crippen LogP contribution in [0.4, 0.5) is 0 Å². The SMILES string of the molecule is CCc1cnccc1CNC(=O)CCSCc1nc2sc3c(c2c(=O)[nH]1)CCC3. The summed E-state index contributed by atoms with van der Waals surface area (Å²) in [7, 11) is 0. The second-order valence-electron chi connectivity index (χ2n) is 7.13. The van der Waals surface area contributed by atoms with Crippen molar-refractivity contribution >= 4 is 39.2 Å². The van der Waals surface area contributed by atoms with Crippen LogP contribution in [0, 0.1) is 0 Å². The van der Waals surface area contributed by atoms with Crippen LogP contribution in [0.1, 0.15) is 47.2 Å². The van der Waals surface area contributed by atoms with Crippen molar-refractivity contribution in [1.82, 2.24) is 20.3 Å². The van der Waals surface area contributed by atoms with Gasteiger partial charge in [-0.3, -0.25) is 14.6 Å². The fraction of sp³-hybridized carbons (Fsp3) is 0.429. The number of nitrogens with one attached hydrogen (secondary N) is 2. The van der Waals surface area contributed by atoms with E-state index in [2.05, 4.69) is 27.2 Å². The highest BCUT2D eigenvalue weighted by Gasteiger charge is 2.21. The van der Waals surface area contributed by atoms with Gasteiger partial charge in [0.1, 0.15) is 10.7 Å². The molecule has 3 aromatic rings. The number of nitrogens with zero attached hydrogens (tertiary/aromatic N) is 2. The number of carbonyl (C=O) groups excluding carboxylic acids is 1. The predicted octanol–water partition coefficient (Wildman–Crippen LogP) is 3.37. The van der Waals surface area contributed by atoms with Crippen LogP contribution < -0.4 is 10.9 Å². The molecule has 2 N–H and O–H groups in total. The lowest BCUT2D eigenvalue weighted by Crippen LogP contribution is -2.23. The number of thiophene rings is 1. The van der Waals surface area contributed by atoms with E-state index >= 15 is 0 Å². The summed E-state index contributed by atoms with van der Waals surface area (Å²) in [5, 5.41) is 3.77. The Bertz CT molecular complexity index is 1090. The molecular formula is C21H24N4O2S2. The van der Waals surface area contributed by atoms with E-state index in [-0.39, 0.29) is 11.5 Å². The summed E-state index contributed by atoms with van der Waals surface area (Å²) in [4.78, 5) is 38.5. The number of aromatic amines is 1. The van der Waals surface area contributed by atoms with Gasteiger partial charge in [0.2, 0.25) is 5.91 Å². The molecule has 0 aliphatic heterocycles. The average Bonchev–Trinajstić information content (AvgIpc) is 3.30. The molecule has 29 heavy (non-hydrogen) atoms. The quantitative estimate of drug-likeness (QED) is 0.537. The normalized spacial score (nSPS) is 13.0. The van der Waals surface area contributed by atoms with Gasteiger partial charge in [-0.2, -0.15) is 11.8 Å². The molecule has 1 aliphatic carbocycles. The smallest absolute Gasteiger partial charge is 0.259 e. The van der Waals surface area contributed by atoms with Crippen LogP contribution in [0.15, 0.2) is 23.3 Å². The Morgan fingerprint density at radius 3 is 3.10 bits per heavy atom. The molecule has 0 saturated carbocycles. The molecule has 0 spiro atoms. The maximum absolute atomic E-state index is 12.5. The number of hydrogen-bond donors (Lipinski definition) is 2. The molecule has 1 aliphatic rings. The van der Waals surface area contributed by atoms with E-state index in [1.807, 2.05) is 12.3 Å². The van der Waals surface area contributed by atoms with Gasteiger partial charge in [0, 0.05) is 36.0 Å². The summed E-state index contributed by atoms with van der Waals surface area (Å²) in [6.07, 6.45) is 8.14. The summed E-state index contributed by atoms with van der Waals surface area (Å²) in [6, 6.07) is 1.95. The van der Waals surface area contributed by atoms with E-state index in [4.69, 9.17) is 0 Å². The number of thioether (sulfide) groups is 1. The zero-order valence-electron chi connectivity index (χ0n) is 16.4. The number of hydrogen-bond acceptors (Lipinski definition) is 6. The summed E-state index contributed by atoms with van der Waals surface area (Å²) in [5.74, 6) is 2.01. The Labute approximate surface area is 177 Å². The molecule has 0 fully saturated rings. The van der Waals surface area contributed by atoms with Crippen LogP contribution >= 0.6 is 23.1 Å². The van der Waals surface area contributed by atoms with Crippen molar-refractivity contribution in [2.75, 3.05) is 5.75 Å². The fourth-order valence-electron chi connectivity index (χ4n) is 3.68. The van der Waals surface area contributed by atoms with Crippen LogP contribution in [0.2, 0.25) is 0 Å². The standard InChI is InChI=1S/C21H24N4O2S2/c1-2-13-10-22-8-6-14(13)11-23-18(26)7-9-28-12-17-24-20(27)19-15-4-3-5-16(15)29-21(19)25-17/h6,8,10H,2-5,7,9,11-12H2,1H3,(H,23,26)(H,24,25,27). The van der Waals surface area contributed by atoms with E-state index in [0.29, 0.717) is 30.3 Å². The van der Waals surface area contributed by atoms with E-state index < -0.39 is 0 Å². The number of H-pyrrole nitrogens is 1. The van der Waals surface area contributed by atoms with Crippen molar-refractivity contribution in [2.24, 2.45) is 0 Å². The van der Waals surface area contributed by atoms with Crippen LogP contribution in [0.5, 0.6) is 0 Å².